The molecule has 25 heavy (non-hydrogen) atoms. The number of hydrogen-bond acceptors (Lipinski definition) is 2. The fourth-order valence-corrected chi connectivity index (χ4v) is 3.67. The van der Waals surface area contributed by atoms with Crippen LogP contribution in [0.1, 0.15) is 37.3 Å². The Morgan fingerprint density at radius 1 is 1.04 bits per heavy atom. The van der Waals surface area contributed by atoms with Crippen LogP contribution in [0, 0.1) is 5.92 Å². The smallest absolute Gasteiger partial charge is 0.228 e. The summed E-state index contributed by atoms with van der Waals surface area (Å²) < 4.78 is 0. The highest BCUT2D eigenvalue weighted by Crippen LogP contribution is 2.31. The van der Waals surface area contributed by atoms with Crippen molar-refractivity contribution in [3.8, 4) is 0 Å². The van der Waals surface area contributed by atoms with Crippen molar-refractivity contribution in [3.05, 3.63) is 65.7 Å². The van der Waals surface area contributed by atoms with Crippen molar-refractivity contribution in [1.29, 1.82) is 0 Å². The molecule has 3 nitrogen and oxygen atoms in total. The van der Waals surface area contributed by atoms with Gasteiger partial charge in [0.25, 0.3) is 0 Å². The van der Waals surface area contributed by atoms with Gasteiger partial charge >= 0.3 is 0 Å². The molecule has 1 heterocycles. The topological polar surface area (TPSA) is 32.3 Å². The van der Waals surface area contributed by atoms with E-state index in [0.29, 0.717) is 5.92 Å². The quantitative estimate of drug-likeness (QED) is 0.882. The van der Waals surface area contributed by atoms with Crippen LogP contribution in [0.15, 0.2) is 54.6 Å². The molecular formula is C22H28N2O. The number of nitrogens with one attached hydrogen (secondary N) is 1. The van der Waals surface area contributed by atoms with Gasteiger partial charge in [0, 0.05) is 18.8 Å². The average Bonchev–Trinajstić information content (AvgIpc) is 2.68. The highest BCUT2D eigenvalue weighted by atomic mass is 16.1. The normalized spacial score (nSPS) is 21.0. The van der Waals surface area contributed by atoms with Gasteiger partial charge in [0.2, 0.25) is 5.91 Å². The number of rotatable bonds is 5. The molecule has 0 bridgehead atoms. The Labute approximate surface area is 151 Å². The largest absolute Gasteiger partial charge is 0.326 e. The van der Waals surface area contributed by atoms with Crippen molar-refractivity contribution in [2.24, 2.45) is 5.92 Å². The van der Waals surface area contributed by atoms with Crippen LogP contribution in [0.2, 0.25) is 0 Å². The molecule has 132 valence electrons. The van der Waals surface area contributed by atoms with Gasteiger partial charge in [-0.2, -0.15) is 0 Å². The lowest BCUT2D eigenvalue weighted by atomic mass is 9.83. The summed E-state index contributed by atoms with van der Waals surface area (Å²) in [5, 5.41) is 3.08. The second kappa shape index (κ2) is 8.30. The molecule has 1 aliphatic heterocycles. The third-order valence-corrected chi connectivity index (χ3v) is 5.24. The van der Waals surface area contributed by atoms with Gasteiger partial charge in [-0.15, -0.1) is 0 Å². The summed E-state index contributed by atoms with van der Waals surface area (Å²) in [5.41, 5.74) is 3.60. The number of nitrogens with zero attached hydrogens (tertiary/aromatic N) is 1. The Morgan fingerprint density at radius 3 is 2.40 bits per heavy atom. The maximum atomic E-state index is 12.8. The fourth-order valence-electron chi connectivity index (χ4n) is 3.67. The molecule has 0 saturated carbocycles. The van der Waals surface area contributed by atoms with Gasteiger partial charge in [-0.05, 0) is 48.6 Å². The molecule has 2 aromatic rings. The average molecular weight is 336 g/mol. The lowest BCUT2D eigenvalue weighted by Gasteiger charge is -2.37. The molecule has 2 aromatic carbocycles. The molecule has 2 atom stereocenters. The van der Waals surface area contributed by atoms with E-state index in [-0.39, 0.29) is 11.8 Å². The Morgan fingerprint density at radius 2 is 1.76 bits per heavy atom. The first kappa shape index (κ1) is 17.7. The van der Waals surface area contributed by atoms with Gasteiger partial charge in [0.15, 0.2) is 0 Å². The van der Waals surface area contributed by atoms with Crippen LogP contribution in [0.25, 0.3) is 0 Å². The molecule has 3 heteroatoms. The molecule has 1 N–H and O–H groups in total. The zero-order valence-electron chi connectivity index (χ0n) is 15.2. The molecule has 3 rings (SSSR count). The summed E-state index contributed by atoms with van der Waals surface area (Å²) in [5.74, 6) is 0.593. The Hall–Kier alpha value is -2.13. The molecule has 0 radical (unpaired) electrons. The van der Waals surface area contributed by atoms with Crippen molar-refractivity contribution in [3.63, 3.8) is 0 Å². The third-order valence-electron chi connectivity index (χ3n) is 5.24. The molecule has 0 aliphatic carbocycles. The molecule has 0 spiro atoms. The highest BCUT2D eigenvalue weighted by molar-refractivity contribution is 5.92. The molecule has 2 unspecified atom stereocenters. The van der Waals surface area contributed by atoms with Crippen LogP contribution < -0.4 is 5.32 Å². The first-order chi connectivity index (χ1) is 12.2. The fraction of sp³-hybridized carbons (Fsp3) is 0.409. The van der Waals surface area contributed by atoms with E-state index in [9.17, 15) is 4.79 Å². The number of hydrogen-bond donors (Lipinski definition) is 1. The third kappa shape index (κ3) is 4.49. The molecular weight excluding hydrogens is 308 g/mol. The number of para-hydroxylation sites is 1. The summed E-state index contributed by atoms with van der Waals surface area (Å²) in [4.78, 5) is 15.2. The maximum absolute atomic E-state index is 12.8. The minimum atomic E-state index is 0.0322. The van der Waals surface area contributed by atoms with E-state index in [1.165, 1.54) is 11.1 Å². The molecule has 1 aliphatic rings. The minimum absolute atomic E-state index is 0.0322. The number of benzene rings is 2. The Bertz CT molecular complexity index is 681. The van der Waals surface area contributed by atoms with Gasteiger partial charge in [0.1, 0.15) is 0 Å². The summed E-state index contributed by atoms with van der Waals surface area (Å²) in [6, 6.07) is 18.7. The van der Waals surface area contributed by atoms with Gasteiger partial charge in [-0.25, -0.2) is 0 Å². The number of likely N-dealkylation sites (tertiary alicyclic amines) is 1. The van der Waals surface area contributed by atoms with Crippen LogP contribution in [0.3, 0.4) is 0 Å². The second-order valence-electron chi connectivity index (χ2n) is 6.93. The van der Waals surface area contributed by atoms with E-state index < -0.39 is 0 Å². The predicted molar refractivity (Wildman–Crippen MR) is 104 cm³/mol. The number of amides is 1. The zero-order chi connectivity index (χ0) is 17.6. The number of carbonyl (C=O) groups excluding carboxylic acids is 1. The minimum Gasteiger partial charge on any atom is -0.326 e. The van der Waals surface area contributed by atoms with Gasteiger partial charge in [-0.1, -0.05) is 56.3 Å². The van der Waals surface area contributed by atoms with Crippen LogP contribution in [-0.4, -0.2) is 30.4 Å². The monoisotopic (exact) mass is 336 g/mol. The first-order valence-electron chi connectivity index (χ1n) is 9.36. The number of likely N-dealkylation sites (N-methyl/N-ethyl adjacent to an activating group) is 1. The van der Waals surface area contributed by atoms with Gasteiger partial charge < -0.3 is 10.2 Å². The summed E-state index contributed by atoms with van der Waals surface area (Å²) in [7, 11) is 0. The Kier molecular flexibility index (Phi) is 5.87. The summed E-state index contributed by atoms with van der Waals surface area (Å²) >= 11 is 0. The number of anilines is 1. The van der Waals surface area contributed by atoms with Crippen LogP contribution in [-0.2, 0) is 11.2 Å². The lowest BCUT2D eigenvalue weighted by molar-refractivity contribution is -0.121. The number of carbonyl (C=O) groups is 1. The molecule has 1 fully saturated rings. The lowest BCUT2D eigenvalue weighted by Crippen LogP contribution is -2.43. The van der Waals surface area contributed by atoms with E-state index in [1.54, 1.807) is 0 Å². The summed E-state index contributed by atoms with van der Waals surface area (Å²) in [6.45, 7) is 7.22. The van der Waals surface area contributed by atoms with Crippen LogP contribution in [0.5, 0.6) is 0 Å². The predicted octanol–water partition coefficient (Wildman–Crippen LogP) is 4.31. The van der Waals surface area contributed by atoms with E-state index >= 15 is 0 Å². The summed E-state index contributed by atoms with van der Waals surface area (Å²) in [6.07, 6.45) is 1.98. The molecule has 0 aromatic heterocycles. The van der Waals surface area contributed by atoms with E-state index in [0.717, 1.165) is 38.2 Å². The van der Waals surface area contributed by atoms with Crippen molar-refractivity contribution in [2.75, 3.05) is 25.0 Å². The zero-order valence-corrected chi connectivity index (χ0v) is 15.2. The second-order valence-corrected chi connectivity index (χ2v) is 6.93. The van der Waals surface area contributed by atoms with E-state index in [1.807, 2.05) is 30.3 Å². The van der Waals surface area contributed by atoms with Crippen molar-refractivity contribution >= 4 is 11.6 Å². The SMILES string of the molecule is CCc1ccc(C2CC(C(=O)Nc3ccccc3)CN(CC)C2)cc1. The van der Waals surface area contributed by atoms with E-state index in [2.05, 4.69) is 48.3 Å². The number of aryl methyl sites for hydroxylation is 1. The first-order valence-corrected chi connectivity index (χ1v) is 9.36. The molecule has 1 amide bonds. The van der Waals surface area contributed by atoms with Gasteiger partial charge in [-0.3, -0.25) is 4.79 Å². The van der Waals surface area contributed by atoms with Crippen molar-refractivity contribution in [2.45, 2.75) is 32.6 Å². The standard InChI is InChI=1S/C22H28N2O/c1-3-17-10-12-18(13-11-17)19-14-20(16-24(4-2)15-19)22(25)23-21-8-6-5-7-9-21/h5-13,19-20H,3-4,14-16H2,1-2H3,(H,23,25). The number of piperidine rings is 1. The van der Waals surface area contributed by atoms with Crippen LogP contribution >= 0.6 is 0 Å². The maximum Gasteiger partial charge on any atom is 0.228 e. The molecule has 1 saturated heterocycles. The van der Waals surface area contributed by atoms with Crippen LogP contribution in [0.4, 0.5) is 5.69 Å². The highest BCUT2D eigenvalue weighted by Gasteiger charge is 2.31. The van der Waals surface area contributed by atoms with Crippen molar-refractivity contribution < 1.29 is 4.79 Å². The Balaban J connectivity index is 1.72. The van der Waals surface area contributed by atoms with E-state index in [4.69, 9.17) is 0 Å². The van der Waals surface area contributed by atoms with Crippen molar-refractivity contribution in [1.82, 2.24) is 4.90 Å². The van der Waals surface area contributed by atoms with Gasteiger partial charge in [0.05, 0.1) is 5.92 Å².